The highest BCUT2D eigenvalue weighted by atomic mass is 35.5. The molecule has 1 aliphatic rings. The van der Waals surface area contributed by atoms with Crippen LogP contribution in [0.15, 0.2) is 78.9 Å². The van der Waals surface area contributed by atoms with Gasteiger partial charge in [-0.05, 0) is 35.7 Å². The van der Waals surface area contributed by atoms with E-state index in [-0.39, 0.29) is 6.04 Å². The van der Waals surface area contributed by atoms with Crippen molar-refractivity contribution in [3.8, 4) is 0 Å². The summed E-state index contributed by atoms with van der Waals surface area (Å²) in [6.07, 6.45) is 0. The first kappa shape index (κ1) is 22.1. The first-order valence-electron chi connectivity index (χ1n) is 10.7. The zero-order valence-corrected chi connectivity index (χ0v) is 18.8. The molecule has 32 heavy (non-hydrogen) atoms. The molecule has 0 saturated carbocycles. The topological polar surface area (TPSA) is 52.7 Å². The number of aryl methyl sites for hydroxylation is 1. The van der Waals surface area contributed by atoms with Crippen molar-refractivity contribution in [1.82, 2.24) is 9.80 Å². The molecule has 164 valence electrons. The molecule has 2 amide bonds. The lowest BCUT2D eigenvalue weighted by molar-refractivity contribution is -0.144. The molecule has 0 aliphatic carbocycles. The van der Waals surface area contributed by atoms with Crippen molar-refractivity contribution in [3.63, 3.8) is 0 Å². The molecule has 0 spiro atoms. The Bertz CT molecular complexity index is 1040. The molecule has 1 fully saturated rings. The van der Waals surface area contributed by atoms with Gasteiger partial charge in [-0.25, -0.2) is 0 Å². The van der Waals surface area contributed by atoms with Crippen LogP contribution in [0.1, 0.15) is 22.7 Å². The minimum Gasteiger partial charge on any atom is -0.332 e. The highest BCUT2D eigenvalue weighted by molar-refractivity contribution is 6.39. The molecule has 0 atom stereocenters. The van der Waals surface area contributed by atoms with Crippen molar-refractivity contribution >= 4 is 29.1 Å². The van der Waals surface area contributed by atoms with Crippen LogP contribution >= 0.6 is 11.6 Å². The first-order valence-corrected chi connectivity index (χ1v) is 11.1. The lowest BCUT2D eigenvalue weighted by Crippen LogP contribution is -2.52. The Hall–Kier alpha value is -3.15. The molecule has 1 aliphatic heterocycles. The Balaban J connectivity index is 1.42. The van der Waals surface area contributed by atoms with E-state index >= 15 is 0 Å². The number of anilines is 1. The molecule has 0 bridgehead atoms. The summed E-state index contributed by atoms with van der Waals surface area (Å²) >= 11 is 6.12. The van der Waals surface area contributed by atoms with Gasteiger partial charge in [-0.2, -0.15) is 0 Å². The lowest BCUT2D eigenvalue weighted by atomic mass is 9.96. The van der Waals surface area contributed by atoms with Crippen LogP contribution in [0.3, 0.4) is 0 Å². The van der Waals surface area contributed by atoms with Gasteiger partial charge >= 0.3 is 11.8 Å². The average molecular weight is 448 g/mol. The summed E-state index contributed by atoms with van der Waals surface area (Å²) in [5, 5.41) is 3.22. The Morgan fingerprint density at radius 1 is 0.844 bits per heavy atom. The molecule has 3 aromatic rings. The van der Waals surface area contributed by atoms with Crippen LogP contribution in [0.4, 0.5) is 5.69 Å². The second-order valence-electron chi connectivity index (χ2n) is 7.97. The van der Waals surface area contributed by atoms with Gasteiger partial charge in [-0.15, -0.1) is 0 Å². The molecule has 1 heterocycles. The maximum atomic E-state index is 12.7. The van der Waals surface area contributed by atoms with Gasteiger partial charge in [-0.3, -0.25) is 14.5 Å². The van der Waals surface area contributed by atoms with Crippen molar-refractivity contribution in [2.24, 2.45) is 0 Å². The number of benzene rings is 3. The minimum absolute atomic E-state index is 0.109. The quantitative estimate of drug-likeness (QED) is 0.598. The predicted molar refractivity (Wildman–Crippen MR) is 128 cm³/mol. The summed E-state index contributed by atoms with van der Waals surface area (Å²) in [7, 11) is 0. The molecule has 6 heteroatoms. The zero-order valence-electron chi connectivity index (χ0n) is 18.0. The summed E-state index contributed by atoms with van der Waals surface area (Å²) in [4.78, 5) is 29.2. The van der Waals surface area contributed by atoms with E-state index in [4.69, 9.17) is 11.6 Å². The summed E-state index contributed by atoms with van der Waals surface area (Å²) < 4.78 is 0. The van der Waals surface area contributed by atoms with Gasteiger partial charge in [0.2, 0.25) is 0 Å². The summed E-state index contributed by atoms with van der Waals surface area (Å²) in [5.41, 5.74) is 3.87. The Kier molecular flexibility index (Phi) is 6.88. The van der Waals surface area contributed by atoms with Gasteiger partial charge in [0, 0.05) is 36.9 Å². The molecule has 0 radical (unpaired) electrons. The smallest absolute Gasteiger partial charge is 0.313 e. The maximum absolute atomic E-state index is 12.7. The Morgan fingerprint density at radius 3 is 1.94 bits per heavy atom. The summed E-state index contributed by atoms with van der Waals surface area (Å²) in [6, 6.07) is 26.1. The molecule has 3 aromatic carbocycles. The van der Waals surface area contributed by atoms with Gasteiger partial charge in [0.15, 0.2) is 0 Å². The van der Waals surface area contributed by atoms with Crippen LogP contribution in [0, 0.1) is 6.92 Å². The highest BCUT2D eigenvalue weighted by Gasteiger charge is 2.30. The SMILES string of the molecule is Cc1ccc(NC(=O)C(=O)N2CCN(C(c3ccccc3)c3ccccc3)CC2)cc1Cl. The molecule has 5 nitrogen and oxygen atoms in total. The largest absolute Gasteiger partial charge is 0.332 e. The summed E-state index contributed by atoms with van der Waals surface area (Å²) in [5.74, 6) is -1.15. The average Bonchev–Trinajstić information content (AvgIpc) is 2.83. The van der Waals surface area contributed by atoms with Crippen LogP contribution < -0.4 is 5.32 Å². The Morgan fingerprint density at radius 2 is 1.41 bits per heavy atom. The molecule has 0 unspecified atom stereocenters. The van der Waals surface area contributed by atoms with E-state index in [9.17, 15) is 9.59 Å². The second kappa shape index (κ2) is 9.98. The van der Waals surface area contributed by atoms with Crippen LogP contribution in [-0.4, -0.2) is 47.8 Å². The third-order valence-corrected chi connectivity index (χ3v) is 6.23. The van der Waals surface area contributed by atoms with Crippen molar-refractivity contribution in [3.05, 3.63) is 101 Å². The van der Waals surface area contributed by atoms with Crippen molar-refractivity contribution in [1.29, 1.82) is 0 Å². The number of hydrogen-bond donors (Lipinski definition) is 1. The minimum atomic E-state index is -0.638. The van der Waals surface area contributed by atoms with E-state index in [1.165, 1.54) is 11.1 Å². The van der Waals surface area contributed by atoms with Crippen LogP contribution in [0.25, 0.3) is 0 Å². The number of rotatable bonds is 4. The van der Waals surface area contributed by atoms with Gasteiger partial charge < -0.3 is 10.2 Å². The van der Waals surface area contributed by atoms with E-state index in [2.05, 4.69) is 34.5 Å². The third kappa shape index (κ3) is 5.01. The molecular formula is C26H26ClN3O2. The molecule has 0 aromatic heterocycles. The van der Waals surface area contributed by atoms with E-state index in [1.807, 2.05) is 49.4 Å². The monoisotopic (exact) mass is 447 g/mol. The van der Waals surface area contributed by atoms with Crippen molar-refractivity contribution in [2.45, 2.75) is 13.0 Å². The van der Waals surface area contributed by atoms with E-state index in [1.54, 1.807) is 17.0 Å². The van der Waals surface area contributed by atoms with Crippen molar-refractivity contribution in [2.75, 3.05) is 31.5 Å². The molecule has 4 rings (SSSR count). The number of amides is 2. The van der Waals surface area contributed by atoms with Gasteiger partial charge in [0.05, 0.1) is 6.04 Å². The number of halogens is 1. The van der Waals surface area contributed by atoms with E-state index in [0.29, 0.717) is 36.9 Å². The highest BCUT2D eigenvalue weighted by Crippen LogP contribution is 2.29. The number of piperazine rings is 1. The third-order valence-electron chi connectivity index (χ3n) is 5.82. The number of nitrogens with one attached hydrogen (secondary N) is 1. The molecule has 1 saturated heterocycles. The predicted octanol–water partition coefficient (Wildman–Crippen LogP) is 4.52. The zero-order chi connectivity index (χ0) is 22.5. The first-order chi connectivity index (χ1) is 15.5. The number of carbonyl (C=O) groups is 2. The molecular weight excluding hydrogens is 422 g/mol. The van der Waals surface area contributed by atoms with E-state index in [0.717, 1.165) is 5.56 Å². The van der Waals surface area contributed by atoms with Gasteiger partial charge in [-0.1, -0.05) is 78.3 Å². The normalized spacial score (nSPS) is 14.4. The fourth-order valence-corrected chi connectivity index (χ4v) is 4.25. The van der Waals surface area contributed by atoms with Crippen LogP contribution in [0.5, 0.6) is 0 Å². The van der Waals surface area contributed by atoms with Crippen LogP contribution in [-0.2, 0) is 9.59 Å². The number of carbonyl (C=O) groups excluding carboxylic acids is 2. The van der Waals surface area contributed by atoms with Crippen molar-refractivity contribution < 1.29 is 9.59 Å². The summed E-state index contributed by atoms with van der Waals surface area (Å²) in [6.45, 7) is 4.25. The van der Waals surface area contributed by atoms with Gasteiger partial charge in [0.1, 0.15) is 0 Å². The number of nitrogens with zero attached hydrogens (tertiary/aromatic N) is 2. The standard InChI is InChI=1S/C26H26ClN3O2/c1-19-12-13-22(18-23(19)27)28-25(31)26(32)30-16-14-29(15-17-30)24(20-8-4-2-5-9-20)21-10-6-3-7-11-21/h2-13,18,24H,14-17H2,1H3,(H,28,31). The second-order valence-corrected chi connectivity index (χ2v) is 8.38. The molecule has 1 N–H and O–H groups in total. The fourth-order valence-electron chi connectivity index (χ4n) is 4.07. The van der Waals surface area contributed by atoms with Gasteiger partial charge in [0.25, 0.3) is 0 Å². The fraction of sp³-hybridized carbons (Fsp3) is 0.231. The maximum Gasteiger partial charge on any atom is 0.313 e. The van der Waals surface area contributed by atoms with E-state index < -0.39 is 11.8 Å². The van der Waals surface area contributed by atoms with Crippen LogP contribution in [0.2, 0.25) is 5.02 Å². The number of hydrogen-bond acceptors (Lipinski definition) is 3. The lowest BCUT2D eigenvalue weighted by Gasteiger charge is -2.39. The Labute approximate surface area is 193 Å².